The van der Waals surface area contributed by atoms with E-state index in [4.69, 9.17) is 21.0 Å². The molecule has 2 saturated heterocycles. The van der Waals surface area contributed by atoms with Gasteiger partial charge in [0.1, 0.15) is 11.0 Å². The number of carboxylic acids is 1. The number of oxazole rings is 1. The summed E-state index contributed by atoms with van der Waals surface area (Å²) in [5, 5.41) is 24.2. The second-order valence-corrected chi connectivity index (χ2v) is 15.5. The first-order valence-corrected chi connectivity index (χ1v) is 19.3. The number of carboxylic acid groups (broad SMARTS) is 1. The average Bonchev–Trinajstić information content (AvgIpc) is 3.99. The molecule has 3 N–H and O–H groups in total. The molecule has 3 atom stereocenters. The second kappa shape index (κ2) is 14.6. The number of aromatic nitrogens is 3. The monoisotopic (exact) mass is 798 g/mol. The number of aliphatic carboxylic acids is 1. The number of alkyl halides is 3. The standard InChI is InChI=1S/C42H38ClF3N6O5/c1-22-27(4-3-7-32(22)49-39-36-24(10-13-47-39)16-23(18-48-36)19-51-14-12-26(53)21-51)28-5-2-6-30(35(28)43)40-50-33-17-31-29(37(38(33)56-40)57-42(44,45)46)8-9-34(31)52-15-11-25(20-52)41(54)55/h2-7,10,13,16-18,25-26,34,53H,8-9,11-12,14-15,19-21H2,1H3,(H,47,49)(H,54,55)/t25-,26-,34-/m1/s1. The third-order valence-corrected chi connectivity index (χ3v) is 11.9. The van der Waals surface area contributed by atoms with Crippen LogP contribution in [-0.2, 0) is 17.8 Å². The summed E-state index contributed by atoms with van der Waals surface area (Å²) in [6, 6.07) is 16.6. The van der Waals surface area contributed by atoms with Crippen molar-refractivity contribution < 1.29 is 37.3 Å². The molecule has 0 bridgehead atoms. The summed E-state index contributed by atoms with van der Waals surface area (Å²) in [6.07, 6.45) is 0.373. The predicted octanol–water partition coefficient (Wildman–Crippen LogP) is 8.67. The van der Waals surface area contributed by atoms with Crippen LogP contribution in [0.4, 0.5) is 24.7 Å². The van der Waals surface area contributed by atoms with Gasteiger partial charge in [0.2, 0.25) is 5.89 Å². The number of hydrogen-bond acceptors (Lipinski definition) is 10. The lowest BCUT2D eigenvalue weighted by Gasteiger charge is -2.24. The molecule has 2 fully saturated rings. The van der Waals surface area contributed by atoms with Crippen LogP contribution < -0.4 is 10.1 Å². The van der Waals surface area contributed by atoms with Crippen molar-refractivity contribution in [3.8, 4) is 28.3 Å². The normalized spacial score (nSPS) is 20.1. The van der Waals surface area contributed by atoms with Gasteiger partial charge in [-0.1, -0.05) is 35.9 Å². The van der Waals surface area contributed by atoms with Gasteiger partial charge in [0.15, 0.2) is 17.2 Å². The minimum Gasteiger partial charge on any atom is -0.481 e. The van der Waals surface area contributed by atoms with Crippen LogP contribution in [0.1, 0.15) is 47.6 Å². The number of β-amino-alcohol motifs (C(OH)–C–C–N with tert-alkyl or cyclic N) is 1. The summed E-state index contributed by atoms with van der Waals surface area (Å²) < 4.78 is 52.4. The zero-order valence-electron chi connectivity index (χ0n) is 30.8. The van der Waals surface area contributed by atoms with E-state index in [1.807, 2.05) is 48.4 Å². The topological polar surface area (TPSA) is 137 Å². The van der Waals surface area contributed by atoms with E-state index < -0.39 is 24.0 Å². The number of halogens is 4. The third-order valence-electron chi connectivity index (χ3n) is 11.4. The maximum absolute atomic E-state index is 13.9. The summed E-state index contributed by atoms with van der Waals surface area (Å²) in [5.41, 5.74) is 6.33. The zero-order valence-corrected chi connectivity index (χ0v) is 31.6. The van der Waals surface area contributed by atoms with Gasteiger partial charge in [0.05, 0.1) is 22.6 Å². The molecule has 6 aromatic rings. The molecule has 0 amide bonds. The van der Waals surface area contributed by atoms with Crippen LogP contribution in [0.25, 0.3) is 44.6 Å². The molecule has 3 aromatic heterocycles. The summed E-state index contributed by atoms with van der Waals surface area (Å²) in [7, 11) is 0. The lowest BCUT2D eigenvalue weighted by molar-refractivity contribution is -0.274. The number of nitrogens with zero attached hydrogens (tertiary/aromatic N) is 5. The van der Waals surface area contributed by atoms with Crippen molar-refractivity contribution in [3.05, 3.63) is 94.3 Å². The van der Waals surface area contributed by atoms with E-state index in [1.54, 1.807) is 24.4 Å². The van der Waals surface area contributed by atoms with Gasteiger partial charge < -0.3 is 24.7 Å². The predicted molar refractivity (Wildman–Crippen MR) is 208 cm³/mol. The first kappa shape index (κ1) is 37.3. The molecule has 1 aliphatic carbocycles. The highest BCUT2D eigenvalue weighted by Gasteiger charge is 2.41. The van der Waals surface area contributed by atoms with E-state index in [2.05, 4.69) is 31.0 Å². The molecule has 3 aliphatic rings. The Balaban J connectivity index is 1.03. The first-order valence-electron chi connectivity index (χ1n) is 18.9. The average molecular weight is 799 g/mol. The summed E-state index contributed by atoms with van der Waals surface area (Å²) in [6.45, 7) is 5.00. The largest absolute Gasteiger partial charge is 0.573 e. The van der Waals surface area contributed by atoms with Gasteiger partial charge in [-0.15, -0.1) is 13.2 Å². The quantitative estimate of drug-likeness (QED) is 0.130. The lowest BCUT2D eigenvalue weighted by atomic mass is 9.97. The lowest BCUT2D eigenvalue weighted by Crippen LogP contribution is -2.26. The number of benzene rings is 3. The van der Waals surface area contributed by atoms with E-state index in [0.717, 1.165) is 40.7 Å². The molecule has 0 unspecified atom stereocenters. The fourth-order valence-corrected chi connectivity index (χ4v) is 8.98. The van der Waals surface area contributed by atoms with Gasteiger partial charge >= 0.3 is 12.3 Å². The summed E-state index contributed by atoms with van der Waals surface area (Å²) >= 11 is 7.12. The van der Waals surface area contributed by atoms with Crippen molar-refractivity contribution >= 4 is 51.1 Å². The van der Waals surface area contributed by atoms with Crippen LogP contribution in [-0.4, -0.2) is 79.6 Å². The number of fused-ring (bicyclic) bond motifs is 3. The van der Waals surface area contributed by atoms with Crippen LogP contribution >= 0.6 is 11.6 Å². The zero-order chi connectivity index (χ0) is 39.6. The van der Waals surface area contributed by atoms with Crippen LogP contribution in [0.15, 0.2) is 71.4 Å². The van der Waals surface area contributed by atoms with E-state index in [-0.39, 0.29) is 29.1 Å². The van der Waals surface area contributed by atoms with Crippen molar-refractivity contribution in [3.63, 3.8) is 0 Å². The van der Waals surface area contributed by atoms with Gasteiger partial charge in [-0.3, -0.25) is 19.6 Å². The Morgan fingerprint density at radius 1 is 1.04 bits per heavy atom. The number of nitrogens with one attached hydrogen (secondary N) is 1. The minimum atomic E-state index is -4.98. The minimum absolute atomic E-state index is 0.0365. The van der Waals surface area contributed by atoms with E-state index >= 15 is 0 Å². The molecule has 57 heavy (non-hydrogen) atoms. The number of ether oxygens (including phenoxy) is 1. The Labute approximate surface area is 330 Å². The van der Waals surface area contributed by atoms with E-state index in [1.165, 1.54) is 0 Å². The maximum atomic E-state index is 13.9. The molecule has 0 spiro atoms. The number of carbonyl (C=O) groups is 1. The molecule has 11 nitrogen and oxygen atoms in total. The molecule has 3 aromatic carbocycles. The van der Waals surface area contributed by atoms with Crippen LogP contribution in [0.5, 0.6) is 5.75 Å². The SMILES string of the molecule is Cc1c(Nc2nccc3cc(CN4CC[C@@H](O)C4)cnc23)cccc1-c1cccc(-c2nc3cc4c(c(OC(F)(F)F)c3o2)CC[C@H]4N2CC[C@@H](C(=O)O)C2)c1Cl. The highest BCUT2D eigenvalue weighted by molar-refractivity contribution is 6.36. The number of hydrogen-bond donors (Lipinski definition) is 3. The Morgan fingerprint density at radius 2 is 1.84 bits per heavy atom. The Kier molecular flexibility index (Phi) is 9.55. The van der Waals surface area contributed by atoms with E-state index in [9.17, 15) is 28.2 Å². The van der Waals surface area contributed by atoms with Gasteiger partial charge in [0.25, 0.3) is 0 Å². The Morgan fingerprint density at radius 3 is 2.61 bits per heavy atom. The molecule has 0 radical (unpaired) electrons. The van der Waals surface area contributed by atoms with Gasteiger partial charge in [0, 0.05) is 66.8 Å². The first-order chi connectivity index (χ1) is 27.4. The van der Waals surface area contributed by atoms with Crippen molar-refractivity contribution in [1.82, 2.24) is 24.8 Å². The maximum Gasteiger partial charge on any atom is 0.573 e. The molecule has 294 valence electrons. The number of pyridine rings is 2. The fraction of sp³-hybridized carbons (Fsp3) is 0.333. The number of likely N-dealkylation sites (tertiary alicyclic amines) is 2. The van der Waals surface area contributed by atoms with Crippen molar-refractivity contribution in [2.24, 2.45) is 5.92 Å². The van der Waals surface area contributed by atoms with Crippen molar-refractivity contribution in [1.29, 1.82) is 0 Å². The van der Waals surface area contributed by atoms with Gasteiger partial charge in [-0.05, 0) is 91.7 Å². The van der Waals surface area contributed by atoms with Gasteiger partial charge in [-0.2, -0.15) is 0 Å². The molecule has 15 heteroatoms. The Hall–Kier alpha value is -5.28. The number of aliphatic hydroxyl groups excluding tert-OH is 1. The smallest absolute Gasteiger partial charge is 0.481 e. The third kappa shape index (κ3) is 7.15. The van der Waals surface area contributed by atoms with Crippen LogP contribution in [0, 0.1) is 12.8 Å². The highest BCUT2D eigenvalue weighted by atomic mass is 35.5. The number of rotatable bonds is 9. The molecule has 2 aliphatic heterocycles. The molecular formula is C42H38ClF3N6O5. The molecular weight excluding hydrogens is 761 g/mol. The number of aliphatic hydroxyl groups is 1. The van der Waals surface area contributed by atoms with Crippen molar-refractivity contribution in [2.45, 2.75) is 57.7 Å². The molecule has 9 rings (SSSR count). The number of anilines is 2. The summed E-state index contributed by atoms with van der Waals surface area (Å²) in [5.74, 6) is -1.21. The second-order valence-electron chi connectivity index (χ2n) is 15.1. The molecule has 0 saturated carbocycles. The van der Waals surface area contributed by atoms with Crippen LogP contribution in [0.3, 0.4) is 0 Å². The van der Waals surface area contributed by atoms with Crippen LogP contribution in [0.2, 0.25) is 5.02 Å². The van der Waals surface area contributed by atoms with E-state index in [0.29, 0.717) is 84.1 Å². The van der Waals surface area contributed by atoms with Gasteiger partial charge in [-0.25, -0.2) is 9.97 Å². The highest BCUT2D eigenvalue weighted by Crippen LogP contribution is 2.48. The van der Waals surface area contributed by atoms with Crippen molar-refractivity contribution in [2.75, 3.05) is 31.5 Å². The Bertz CT molecular complexity index is 2550. The molecule has 5 heterocycles. The summed E-state index contributed by atoms with van der Waals surface area (Å²) in [4.78, 5) is 29.9. The fourth-order valence-electron chi connectivity index (χ4n) is 8.67.